The normalized spacial score (nSPS) is 9.55. The first-order chi connectivity index (χ1) is 5.11. The van der Waals surface area contributed by atoms with E-state index >= 15 is 0 Å². The zero-order chi connectivity index (χ0) is 8.43. The molecule has 6 heteroatoms. The summed E-state index contributed by atoms with van der Waals surface area (Å²) in [5, 5.41) is 20.3. The van der Waals surface area contributed by atoms with E-state index < -0.39 is 16.6 Å². The summed E-state index contributed by atoms with van der Waals surface area (Å²) in [5.41, 5.74) is -0.436. The molecule has 0 amide bonds. The summed E-state index contributed by atoms with van der Waals surface area (Å²) >= 11 is 0. The minimum atomic E-state index is -1.18. The minimum absolute atomic E-state index is 0.0903. The van der Waals surface area contributed by atoms with Crippen molar-refractivity contribution in [2.75, 3.05) is 0 Å². The van der Waals surface area contributed by atoms with Crippen molar-refractivity contribution in [1.82, 2.24) is 0 Å². The Labute approximate surface area is 60.4 Å². The van der Waals surface area contributed by atoms with Gasteiger partial charge < -0.3 is 5.21 Å². The van der Waals surface area contributed by atoms with E-state index in [1.54, 1.807) is 0 Å². The molecule has 0 N–H and O–H groups in total. The molecular weight excluding hydrogens is 155 g/mol. The summed E-state index contributed by atoms with van der Waals surface area (Å²) in [6, 6.07) is 1.49. The predicted molar refractivity (Wildman–Crippen MR) is 32.0 cm³/mol. The first-order valence-corrected chi connectivity index (χ1v) is 2.64. The van der Waals surface area contributed by atoms with Gasteiger partial charge in [0.05, 0.1) is 11.0 Å². The highest BCUT2D eigenvalue weighted by molar-refractivity contribution is 5.23. The SMILES string of the molecule is O=[N+]([O-])c1cc[n+]([O-])c(F)c1. The Hall–Kier alpha value is -1.72. The van der Waals surface area contributed by atoms with Crippen LogP contribution in [0.15, 0.2) is 18.3 Å². The van der Waals surface area contributed by atoms with Crippen LogP contribution < -0.4 is 4.73 Å². The van der Waals surface area contributed by atoms with Gasteiger partial charge in [-0.05, 0) is 0 Å². The average Bonchev–Trinajstić information content (AvgIpc) is 1.94. The first-order valence-electron chi connectivity index (χ1n) is 2.64. The third-order valence-corrected chi connectivity index (χ3v) is 1.07. The summed E-state index contributed by atoms with van der Waals surface area (Å²) in [6.07, 6.45) is 0.744. The van der Waals surface area contributed by atoms with Crippen molar-refractivity contribution in [3.63, 3.8) is 0 Å². The number of hydrogen-bond acceptors (Lipinski definition) is 3. The molecule has 1 rings (SSSR count). The van der Waals surface area contributed by atoms with Crippen LogP contribution in [0.3, 0.4) is 0 Å². The fraction of sp³-hybridized carbons (Fsp3) is 0. The second-order valence-electron chi connectivity index (χ2n) is 1.79. The zero-order valence-electron chi connectivity index (χ0n) is 5.23. The van der Waals surface area contributed by atoms with Crippen molar-refractivity contribution in [3.8, 4) is 0 Å². The standard InChI is InChI=1S/C5H3FN2O3/c6-5-3-4(8(10)11)1-2-7(5)9/h1-3H. The van der Waals surface area contributed by atoms with Gasteiger partial charge in [-0.3, -0.25) is 10.1 Å². The van der Waals surface area contributed by atoms with Crippen molar-refractivity contribution in [1.29, 1.82) is 0 Å². The van der Waals surface area contributed by atoms with Gasteiger partial charge in [-0.2, -0.15) is 0 Å². The third-order valence-electron chi connectivity index (χ3n) is 1.07. The summed E-state index contributed by atoms with van der Waals surface area (Å²) in [5.74, 6) is -1.18. The number of pyridine rings is 1. The molecule has 0 radical (unpaired) electrons. The number of rotatable bonds is 1. The first kappa shape index (κ1) is 7.39. The molecule has 0 aromatic carbocycles. The topological polar surface area (TPSA) is 70.1 Å². The highest BCUT2D eigenvalue weighted by Crippen LogP contribution is 2.07. The maximum atomic E-state index is 12.3. The zero-order valence-corrected chi connectivity index (χ0v) is 5.23. The van der Waals surface area contributed by atoms with E-state index in [9.17, 15) is 19.7 Å². The van der Waals surface area contributed by atoms with Crippen LogP contribution in [0.2, 0.25) is 0 Å². The van der Waals surface area contributed by atoms with Crippen LogP contribution in [0.1, 0.15) is 0 Å². The largest absolute Gasteiger partial charge is 0.617 e. The van der Waals surface area contributed by atoms with Crippen LogP contribution in [0.5, 0.6) is 0 Å². The number of nitro groups is 1. The maximum absolute atomic E-state index is 12.3. The molecule has 0 saturated carbocycles. The summed E-state index contributed by atoms with van der Waals surface area (Å²) < 4.78 is 12.2. The molecule has 11 heavy (non-hydrogen) atoms. The molecule has 0 aliphatic rings. The van der Waals surface area contributed by atoms with Gasteiger partial charge in [0.25, 0.3) is 5.69 Å². The number of aromatic nitrogens is 1. The molecule has 0 spiro atoms. The van der Waals surface area contributed by atoms with E-state index in [0.717, 1.165) is 12.3 Å². The van der Waals surface area contributed by atoms with E-state index in [1.165, 1.54) is 0 Å². The molecule has 1 heterocycles. The Kier molecular flexibility index (Phi) is 1.67. The Morgan fingerprint density at radius 1 is 1.64 bits per heavy atom. The van der Waals surface area contributed by atoms with Crippen molar-refractivity contribution in [3.05, 3.63) is 39.6 Å². The lowest BCUT2D eigenvalue weighted by Gasteiger charge is -1.94. The molecule has 0 aliphatic heterocycles. The van der Waals surface area contributed by atoms with Crippen LogP contribution in [-0.2, 0) is 0 Å². The highest BCUT2D eigenvalue weighted by atomic mass is 19.1. The van der Waals surface area contributed by atoms with E-state index in [-0.39, 0.29) is 4.73 Å². The van der Waals surface area contributed by atoms with Crippen LogP contribution in [0.4, 0.5) is 10.1 Å². The van der Waals surface area contributed by atoms with Gasteiger partial charge in [0, 0.05) is 0 Å². The highest BCUT2D eigenvalue weighted by Gasteiger charge is 2.12. The maximum Gasteiger partial charge on any atom is 0.377 e. The predicted octanol–water partition coefficient (Wildman–Crippen LogP) is 0.367. The lowest BCUT2D eigenvalue weighted by atomic mass is 10.4. The molecule has 0 atom stereocenters. The molecular formula is C5H3FN2O3. The fourth-order valence-electron chi connectivity index (χ4n) is 0.563. The Morgan fingerprint density at radius 3 is 2.73 bits per heavy atom. The second kappa shape index (κ2) is 2.49. The monoisotopic (exact) mass is 158 g/mol. The molecule has 0 saturated heterocycles. The van der Waals surface area contributed by atoms with Gasteiger partial charge in [-0.15, -0.1) is 9.12 Å². The van der Waals surface area contributed by atoms with Crippen LogP contribution in [0, 0.1) is 21.3 Å². The number of halogens is 1. The van der Waals surface area contributed by atoms with Crippen molar-refractivity contribution in [2.24, 2.45) is 0 Å². The van der Waals surface area contributed by atoms with E-state index in [0.29, 0.717) is 6.07 Å². The average molecular weight is 158 g/mol. The molecule has 1 aromatic rings. The Bertz CT molecular complexity index is 302. The van der Waals surface area contributed by atoms with Crippen molar-refractivity contribution >= 4 is 5.69 Å². The van der Waals surface area contributed by atoms with E-state index in [2.05, 4.69) is 0 Å². The van der Waals surface area contributed by atoms with Crippen LogP contribution >= 0.6 is 0 Å². The summed E-state index contributed by atoms with van der Waals surface area (Å²) in [6.45, 7) is 0. The van der Waals surface area contributed by atoms with E-state index in [1.807, 2.05) is 0 Å². The molecule has 0 aliphatic carbocycles. The lowest BCUT2D eigenvalue weighted by molar-refractivity contribution is -0.637. The van der Waals surface area contributed by atoms with Crippen molar-refractivity contribution < 1.29 is 14.0 Å². The third kappa shape index (κ3) is 1.40. The number of hydrogen-bond donors (Lipinski definition) is 0. The molecule has 1 aromatic heterocycles. The second-order valence-corrected chi connectivity index (χ2v) is 1.79. The molecule has 0 bridgehead atoms. The molecule has 58 valence electrons. The smallest absolute Gasteiger partial charge is 0.377 e. The fourth-order valence-corrected chi connectivity index (χ4v) is 0.563. The van der Waals surface area contributed by atoms with Gasteiger partial charge in [-0.25, -0.2) is 0 Å². The van der Waals surface area contributed by atoms with Gasteiger partial charge in [0.2, 0.25) is 0 Å². The molecule has 5 nitrogen and oxygen atoms in total. The summed E-state index contributed by atoms with van der Waals surface area (Å²) in [4.78, 5) is 9.22. The lowest BCUT2D eigenvalue weighted by Crippen LogP contribution is -2.30. The van der Waals surface area contributed by atoms with Gasteiger partial charge in [0.15, 0.2) is 6.20 Å². The Morgan fingerprint density at radius 2 is 2.27 bits per heavy atom. The van der Waals surface area contributed by atoms with E-state index in [4.69, 9.17) is 0 Å². The minimum Gasteiger partial charge on any atom is -0.617 e. The quantitative estimate of drug-likeness (QED) is 0.195. The van der Waals surface area contributed by atoms with Crippen LogP contribution in [-0.4, -0.2) is 4.92 Å². The number of nitrogens with zero attached hydrogens (tertiary/aromatic N) is 2. The van der Waals surface area contributed by atoms with Gasteiger partial charge in [-0.1, -0.05) is 0 Å². The summed E-state index contributed by atoms with van der Waals surface area (Å²) in [7, 11) is 0. The molecule has 0 unspecified atom stereocenters. The van der Waals surface area contributed by atoms with Crippen molar-refractivity contribution in [2.45, 2.75) is 0 Å². The van der Waals surface area contributed by atoms with Gasteiger partial charge >= 0.3 is 5.95 Å². The van der Waals surface area contributed by atoms with Gasteiger partial charge in [0.1, 0.15) is 6.07 Å². The Balaban J connectivity index is 3.15. The van der Waals surface area contributed by atoms with Crippen LogP contribution in [0.25, 0.3) is 0 Å². The molecule has 0 fully saturated rings.